The van der Waals surface area contributed by atoms with Crippen LogP contribution in [0.15, 0.2) is 48.8 Å². The van der Waals surface area contributed by atoms with Crippen LogP contribution in [-0.2, 0) is 11.3 Å². The molecule has 4 nitrogen and oxygen atoms in total. The van der Waals surface area contributed by atoms with Crippen LogP contribution in [0.2, 0.25) is 0 Å². The molecule has 1 aromatic carbocycles. The van der Waals surface area contributed by atoms with Gasteiger partial charge in [-0.1, -0.05) is 30.3 Å². The van der Waals surface area contributed by atoms with Gasteiger partial charge in [0.25, 0.3) is 0 Å². The maximum Gasteiger partial charge on any atom is 0.342 e. The van der Waals surface area contributed by atoms with Crippen molar-refractivity contribution in [2.24, 2.45) is 0 Å². The van der Waals surface area contributed by atoms with E-state index in [0.29, 0.717) is 11.3 Å². The van der Waals surface area contributed by atoms with Crippen molar-refractivity contribution in [3.05, 3.63) is 59.9 Å². The third-order valence-corrected chi connectivity index (χ3v) is 2.29. The molecule has 0 aliphatic heterocycles. The van der Waals surface area contributed by atoms with E-state index >= 15 is 0 Å². The Balaban J connectivity index is 2.01. The van der Waals surface area contributed by atoms with Crippen LogP contribution < -0.4 is 5.73 Å². The summed E-state index contributed by atoms with van der Waals surface area (Å²) in [4.78, 5) is 15.5. The van der Waals surface area contributed by atoms with Gasteiger partial charge in [-0.05, 0) is 11.6 Å². The zero-order valence-electron chi connectivity index (χ0n) is 9.17. The van der Waals surface area contributed by atoms with E-state index < -0.39 is 5.97 Å². The smallest absolute Gasteiger partial charge is 0.342 e. The average molecular weight is 228 g/mol. The Bertz CT molecular complexity index is 512. The highest BCUT2D eigenvalue weighted by Gasteiger charge is 2.10. The molecule has 86 valence electrons. The quantitative estimate of drug-likeness (QED) is 0.816. The zero-order valence-corrected chi connectivity index (χ0v) is 9.17. The molecule has 0 aliphatic rings. The van der Waals surface area contributed by atoms with Crippen molar-refractivity contribution < 1.29 is 9.53 Å². The van der Waals surface area contributed by atoms with Crippen LogP contribution in [0.5, 0.6) is 0 Å². The van der Waals surface area contributed by atoms with Gasteiger partial charge in [0.15, 0.2) is 0 Å². The molecule has 2 rings (SSSR count). The number of aromatic nitrogens is 1. The first-order chi connectivity index (χ1) is 8.27. The molecular weight excluding hydrogens is 216 g/mol. The predicted octanol–water partition coefficient (Wildman–Crippen LogP) is 2.02. The normalized spacial score (nSPS) is 9.88. The number of hydrogen-bond donors (Lipinski definition) is 1. The van der Waals surface area contributed by atoms with Crippen LogP contribution >= 0.6 is 0 Å². The van der Waals surface area contributed by atoms with E-state index in [1.165, 1.54) is 12.4 Å². The van der Waals surface area contributed by atoms with Crippen LogP contribution in [0.3, 0.4) is 0 Å². The highest BCUT2D eigenvalue weighted by atomic mass is 16.5. The minimum absolute atomic E-state index is 0.230. The second kappa shape index (κ2) is 5.12. The summed E-state index contributed by atoms with van der Waals surface area (Å²) in [5, 5.41) is 0. The van der Waals surface area contributed by atoms with Gasteiger partial charge in [0.1, 0.15) is 12.2 Å². The van der Waals surface area contributed by atoms with E-state index in [4.69, 9.17) is 10.5 Å². The van der Waals surface area contributed by atoms with Crippen LogP contribution in [0, 0.1) is 0 Å². The monoisotopic (exact) mass is 228 g/mol. The molecule has 0 spiro atoms. The lowest BCUT2D eigenvalue weighted by Gasteiger charge is -2.06. The van der Waals surface area contributed by atoms with Gasteiger partial charge in [-0.3, -0.25) is 4.98 Å². The average Bonchev–Trinajstić information content (AvgIpc) is 2.38. The largest absolute Gasteiger partial charge is 0.457 e. The SMILES string of the molecule is Nc1ccncc1C(=O)OCc1ccccc1. The minimum atomic E-state index is -0.459. The summed E-state index contributed by atoms with van der Waals surface area (Å²) >= 11 is 0. The highest BCUT2D eigenvalue weighted by Crippen LogP contribution is 2.11. The summed E-state index contributed by atoms with van der Waals surface area (Å²) in [5.74, 6) is -0.459. The summed E-state index contributed by atoms with van der Waals surface area (Å²) in [6.07, 6.45) is 2.94. The first-order valence-corrected chi connectivity index (χ1v) is 5.18. The molecule has 0 aliphatic carbocycles. The van der Waals surface area contributed by atoms with Gasteiger partial charge >= 0.3 is 5.97 Å². The lowest BCUT2D eigenvalue weighted by atomic mass is 10.2. The van der Waals surface area contributed by atoms with Gasteiger partial charge in [-0.2, -0.15) is 0 Å². The predicted molar refractivity (Wildman–Crippen MR) is 64.2 cm³/mol. The van der Waals surface area contributed by atoms with Crippen molar-refractivity contribution in [2.45, 2.75) is 6.61 Å². The second-order valence-electron chi connectivity index (χ2n) is 3.52. The Hall–Kier alpha value is -2.36. The number of pyridine rings is 1. The molecule has 1 heterocycles. The molecule has 0 saturated heterocycles. The fourth-order valence-corrected chi connectivity index (χ4v) is 1.38. The van der Waals surface area contributed by atoms with Crippen LogP contribution in [0.1, 0.15) is 15.9 Å². The highest BCUT2D eigenvalue weighted by molar-refractivity contribution is 5.94. The second-order valence-corrected chi connectivity index (χ2v) is 3.52. The van der Waals surface area contributed by atoms with Gasteiger partial charge < -0.3 is 10.5 Å². The van der Waals surface area contributed by atoms with Gasteiger partial charge in [0.2, 0.25) is 0 Å². The first-order valence-electron chi connectivity index (χ1n) is 5.18. The molecule has 0 radical (unpaired) electrons. The number of nitrogen functional groups attached to an aromatic ring is 1. The van der Waals surface area contributed by atoms with Crippen molar-refractivity contribution in [1.82, 2.24) is 4.98 Å². The number of benzene rings is 1. The number of nitrogens with two attached hydrogens (primary N) is 1. The van der Waals surface area contributed by atoms with E-state index in [1.54, 1.807) is 6.07 Å². The summed E-state index contributed by atoms with van der Waals surface area (Å²) < 4.78 is 5.14. The fourth-order valence-electron chi connectivity index (χ4n) is 1.38. The van der Waals surface area contributed by atoms with Gasteiger partial charge in [-0.15, -0.1) is 0 Å². The molecule has 0 saturated carbocycles. The third kappa shape index (κ3) is 2.81. The maximum absolute atomic E-state index is 11.7. The Kier molecular flexibility index (Phi) is 3.35. The van der Waals surface area contributed by atoms with E-state index in [2.05, 4.69) is 4.98 Å². The topological polar surface area (TPSA) is 65.2 Å². The number of carbonyl (C=O) groups excluding carboxylic acids is 1. The molecule has 0 atom stereocenters. The first kappa shape index (κ1) is 11.1. The van der Waals surface area contributed by atoms with Crippen molar-refractivity contribution >= 4 is 11.7 Å². The van der Waals surface area contributed by atoms with E-state index in [9.17, 15) is 4.79 Å². The molecule has 17 heavy (non-hydrogen) atoms. The zero-order chi connectivity index (χ0) is 12.1. The molecule has 0 unspecified atom stereocenters. The molecule has 0 fully saturated rings. The standard InChI is InChI=1S/C13H12N2O2/c14-12-6-7-15-8-11(12)13(16)17-9-10-4-2-1-3-5-10/h1-8H,9H2,(H2,14,15). The van der Waals surface area contributed by atoms with Crippen LogP contribution in [0.4, 0.5) is 5.69 Å². The van der Waals surface area contributed by atoms with Gasteiger partial charge in [0, 0.05) is 18.1 Å². The Morgan fingerprint density at radius 3 is 2.71 bits per heavy atom. The summed E-state index contributed by atoms with van der Waals surface area (Å²) in [6.45, 7) is 0.230. The van der Waals surface area contributed by atoms with Crippen LogP contribution in [-0.4, -0.2) is 11.0 Å². The number of rotatable bonds is 3. The van der Waals surface area contributed by atoms with Crippen molar-refractivity contribution in [1.29, 1.82) is 0 Å². The maximum atomic E-state index is 11.7. The lowest BCUT2D eigenvalue weighted by molar-refractivity contribution is 0.0473. The Labute approximate surface area is 99.1 Å². The summed E-state index contributed by atoms with van der Waals surface area (Å²) in [5.41, 5.74) is 7.25. The molecular formula is C13H12N2O2. The van der Waals surface area contributed by atoms with E-state index in [1.807, 2.05) is 30.3 Å². The Morgan fingerprint density at radius 1 is 1.24 bits per heavy atom. The van der Waals surface area contributed by atoms with Gasteiger partial charge in [-0.25, -0.2) is 4.79 Å². The number of anilines is 1. The van der Waals surface area contributed by atoms with Crippen LogP contribution in [0.25, 0.3) is 0 Å². The molecule has 0 amide bonds. The minimum Gasteiger partial charge on any atom is -0.457 e. The molecule has 0 bridgehead atoms. The van der Waals surface area contributed by atoms with E-state index in [-0.39, 0.29) is 6.61 Å². The van der Waals surface area contributed by atoms with E-state index in [0.717, 1.165) is 5.56 Å². The number of nitrogens with zero attached hydrogens (tertiary/aromatic N) is 1. The molecule has 2 N–H and O–H groups in total. The van der Waals surface area contributed by atoms with Gasteiger partial charge in [0.05, 0.1) is 0 Å². The lowest BCUT2D eigenvalue weighted by Crippen LogP contribution is -2.08. The van der Waals surface area contributed by atoms with Crippen molar-refractivity contribution in [3.63, 3.8) is 0 Å². The number of hydrogen-bond acceptors (Lipinski definition) is 4. The van der Waals surface area contributed by atoms with Crippen molar-refractivity contribution in [3.8, 4) is 0 Å². The van der Waals surface area contributed by atoms with Crippen molar-refractivity contribution in [2.75, 3.05) is 5.73 Å². The molecule has 4 heteroatoms. The Morgan fingerprint density at radius 2 is 2.00 bits per heavy atom. The number of esters is 1. The summed E-state index contributed by atoms with van der Waals surface area (Å²) in [6, 6.07) is 11.0. The fraction of sp³-hybridized carbons (Fsp3) is 0.0769. The molecule has 1 aromatic heterocycles. The number of carbonyl (C=O) groups is 1. The third-order valence-electron chi connectivity index (χ3n) is 2.29. The summed E-state index contributed by atoms with van der Waals surface area (Å²) in [7, 11) is 0. The molecule has 2 aromatic rings. The number of ether oxygens (including phenoxy) is 1.